The van der Waals surface area contributed by atoms with E-state index in [4.69, 9.17) is 0 Å². The number of nitrogens with zero attached hydrogens (tertiary/aromatic N) is 2. The summed E-state index contributed by atoms with van der Waals surface area (Å²) < 4.78 is 0. The van der Waals surface area contributed by atoms with Crippen LogP contribution in [0.5, 0.6) is 0 Å². The third-order valence-corrected chi connectivity index (χ3v) is 3.14. The van der Waals surface area contributed by atoms with Crippen LogP contribution < -0.4 is 9.80 Å². The van der Waals surface area contributed by atoms with Crippen molar-refractivity contribution in [2.75, 3.05) is 36.0 Å². The van der Waals surface area contributed by atoms with Crippen molar-refractivity contribution in [1.82, 2.24) is 0 Å². The van der Waals surface area contributed by atoms with Gasteiger partial charge in [0.1, 0.15) is 0 Å². The first-order chi connectivity index (χ1) is 8.93. The van der Waals surface area contributed by atoms with E-state index in [0.717, 1.165) is 0 Å². The lowest BCUT2D eigenvalue weighted by Crippen LogP contribution is -1.87. The van der Waals surface area contributed by atoms with Crippen LogP contribution in [0.3, 0.4) is 0 Å². The van der Waals surface area contributed by atoms with E-state index in [1.54, 1.807) is 0 Å². The molecule has 2 heterocycles. The minimum absolute atomic E-state index is 1.24. The zero-order valence-corrected chi connectivity index (χ0v) is 10.5. The molecule has 2 aromatic carbocycles. The molecule has 2 aliphatic heterocycles. The van der Waals surface area contributed by atoms with Gasteiger partial charge in [0, 0.05) is 37.6 Å². The Labute approximate surface area is 108 Å². The molecule has 2 saturated heterocycles. The van der Waals surface area contributed by atoms with Gasteiger partial charge in [-0.25, -0.2) is 0 Å². The van der Waals surface area contributed by atoms with E-state index in [1.807, 2.05) is 12.1 Å². The van der Waals surface area contributed by atoms with E-state index in [1.165, 1.54) is 37.6 Å². The van der Waals surface area contributed by atoms with Crippen molar-refractivity contribution in [1.29, 1.82) is 0 Å². The second-order valence-corrected chi connectivity index (χ2v) is 4.65. The van der Waals surface area contributed by atoms with Crippen LogP contribution in [-0.2, 0) is 0 Å². The lowest BCUT2D eigenvalue weighted by Gasteiger charge is -1.98. The number of benzene rings is 2. The van der Waals surface area contributed by atoms with Gasteiger partial charge in [-0.1, -0.05) is 36.4 Å². The predicted molar refractivity (Wildman–Crippen MR) is 77.3 cm³/mol. The molecule has 2 fully saturated rings. The highest BCUT2D eigenvalue weighted by atomic mass is 15.3. The molecule has 2 nitrogen and oxygen atoms in total. The van der Waals surface area contributed by atoms with E-state index in [0.29, 0.717) is 0 Å². The van der Waals surface area contributed by atoms with Gasteiger partial charge in [-0.3, -0.25) is 0 Å². The molecule has 4 rings (SSSR count). The summed E-state index contributed by atoms with van der Waals surface area (Å²) in [6, 6.07) is 21.0. The fraction of sp³-hybridized carbons (Fsp3) is 0.250. The van der Waals surface area contributed by atoms with E-state index >= 15 is 0 Å². The Kier molecular flexibility index (Phi) is 3.18. The summed E-state index contributed by atoms with van der Waals surface area (Å²) >= 11 is 0. The molecule has 2 aliphatic rings. The van der Waals surface area contributed by atoms with Crippen LogP contribution in [0.1, 0.15) is 0 Å². The standard InChI is InChI=1S/2C8H9N/c2*1-2-4-8(5-3-1)9-6-7-9/h2*1-5H,6-7H2. The summed E-state index contributed by atoms with van der Waals surface area (Å²) in [6.45, 7) is 4.96. The van der Waals surface area contributed by atoms with E-state index in [9.17, 15) is 0 Å². The van der Waals surface area contributed by atoms with E-state index < -0.39 is 0 Å². The Balaban J connectivity index is 0.000000111. The molecule has 0 aromatic heterocycles. The fourth-order valence-corrected chi connectivity index (χ4v) is 1.89. The first-order valence-electron chi connectivity index (χ1n) is 6.53. The van der Waals surface area contributed by atoms with Crippen molar-refractivity contribution < 1.29 is 0 Å². The van der Waals surface area contributed by atoms with Gasteiger partial charge < -0.3 is 9.80 Å². The van der Waals surface area contributed by atoms with Crippen molar-refractivity contribution in [3.05, 3.63) is 60.7 Å². The van der Waals surface area contributed by atoms with Gasteiger partial charge in [0.05, 0.1) is 0 Å². The van der Waals surface area contributed by atoms with Crippen molar-refractivity contribution in [2.45, 2.75) is 0 Å². The van der Waals surface area contributed by atoms with E-state index in [-0.39, 0.29) is 0 Å². The summed E-state index contributed by atoms with van der Waals surface area (Å²) in [7, 11) is 0. The van der Waals surface area contributed by atoms with Gasteiger partial charge in [0.25, 0.3) is 0 Å². The van der Waals surface area contributed by atoms with Gasteiger partial charge in [-0.15, -0.1) is 0 Å². The van der Waals surface area contributed by atoms with Crippen LogP contribution in [0.2, 0.25) is 0 Å². The third-order valence-electron chi connectivity index (χ3n) is 3.14. The fourth-order valence-electron chi connectivity index (χ4n) is 1.89. The number of hydrogen-bond donors (Lipinski definition) is 0. The van der Waals surface area contributed by atoms with Crippen LogP contribution in [-0.4, -0.2) is 26.2 Å². The molecule has 0 amide bonds. The summed E-state index contributed by atoms with van der Waals surface area (Å²) in [5.41, 5.74) is 2.72. The maximum atomic E-state index is 2.33. The SMILES string of the molecule is c1ccc(N2CC2)cc1.c1ccc(N2CC2)cc1. The van der Waals surface area contributed by atoms with Crippen LogP contribution in [0.25, 0.3) is 0 Å². The number of para-hydroxylation sites is 2. The predicted octanol–water partition coefficient (Wildman–Crippen LogP) is 3.01. The van der Waals surface area contributed by atoms with Crippen LogP contribution in [0, 0.1) is 0 Å². The first kappa shape index (κ1) is 11.1. The largest absolute Gasteiger partial charge is 0.368 e. The Hall–Kier alpha value is -1.96. The summed E-state index contributed by atoms with van der Waals surface area (Å²) in [5.74, 6) is 0. The molecule has 0 unspecified atom stereocenters. The molecule has 2 heteroatoms. The second-order valence-electron chi connectivity index (χ2n) is 4.65. The number of rotatable bonds is 2. The highest BCUT2D eigenvalue weighted by molar-refractivity contribution is 5.51. The Bertz CT molecular complexity index is 425. The zero-order valence-electron chi connectivity index (χ0n) is 10.5. The molecule has 2 aromatic rings. The molecule has 0 saturated carbocycles. The van der Waals surface area contributed by atoms with Gasteiger partial charge in [-0.2, -0.15) is 0 Å². The number of hydrogen-bond acceptors (Lipinski definition) is 2. The molecule has 18 heavy (non-hydrogen) atoms. The van der Waals surface area contributed by atoms with Gasteiger partial charge >= 0.3 is 0 Å². The van der Waals surface area contributed by atoms with Crippen molar-refractivity contribution >= 4 is 11.4 Å². The molecular formula is C16H18N2. The molecule has 0 radical (unpaired) electrons. The minimum Gasteiger partial charge on any atom is -0.368 e. The Morgan fingerprint density at radius 2 is 0.833 bits per heavy atom. The van der Waals surface area contributed by atoms with Gasteiger partial charge in [-0.05, 0) is 24.3 Å². The molecule has 0 N–H and O–H groups in total. The highest BCUT2D eigenvalue weighted by Crippen LogP contribution is 2.19. The number of anilines is 2. The summed E-state index contributed by atoms with van der Waals surface area (Å²) in [4.78, 5) is 4.67. The maximum Gasteiger partial charge on any atom is 0.0367 e. The smallest absolute Gasteiger partial charge is 0.0367 e. The lowest BCUT2D eigenvalue weighted by atomic mass is 10.3. The van der Waals surface area contributed by atoms with Crippen LogP contribution in [0.15, 0.2) is 60.7 Å². The first-order valence-corrected chi connectivity index (χ1v) is 6.53. The van der Waals surface area contributed by atoms with Crippen LogP contribution in [0.4, 0.5) is 11.4 Å². The maximum absolute atomic E-state index is 2.33. The van der Waals surface area contributed by atoms with Crippen LogP contribution >= 0.6 is 0 Å². The van der Waals surface area contributed by atoms with Crippen molar-refractivity contribution in [3.8, 4) is 0 Å². The normalized spacial score (nSPS) is 15.8. The van der Waals surface area contributed by atoms with Gasteiger partial charge in [0.2, 0.25) is 0 Å². The summed E-state index contributed by atoms with van der Waals surface area (Å²) in [5, 5.41) is 0. The monoisotopic (exact) mass is 238 g/mol. The van der Waals surface area contributed by atoms with Crippen molar-refractivity contribution in [2.24, 2.45) is 0 Å². The zero-order chi connectivity index (χ0) is 12.2. The average molecular weight is 238 g/mol. The molecular weight excluding hydrogens is 220 g/mol. The third kappa shape index (κ3) is 3.04. The molecule has 0 bridgehead atoms. The van der Waals surface area contributed by atoms with Crippen molar-refractivity contribution in [3.63, 3.8) is 0 Å². The molecule has 0 atom stereocenters. The lowest BCUT2D eigenvalue weighted by molar-refractivity contribution is 1.40. The summed E-state index contributed by atoms with van der Waals surface area (Å²) in [6.07, 6.45) is 0. The Morgan fingerprint density at radius 1 is 0.500 bits per heavy atom. The van der Waals surface area contributed by atoms with Gasteiger partial charge in [0.15, 0.2) is 0 Å². The highest BCUT2D eigenvalue weighted by Gasteiger charge is 2.16. The Morgan fingerprint density at radius 3 is 1.11 bits per heavy atom. The minimum atomic E-state index is 1.24. The molecule has 92 valence electrons. The molecule has 0 spiro atoms. The quantitative estimate of drug-likeness (QED) is 0.742. The second kappa shape index (κ2) is 5.13. The average Bonchev–Trinajstić information content (AvgIpc) is 3.34. The topological polar surface area (TPSA) is 6.02 Å². The van der Waals surface area contributed by atoms with E-state index in [2.05, 4.69) is 58.3 Å². The molecule has 0 aliphatic carbocycles.